The van der Waals surface area contributed by atoms with Crippen LogP contribution in [-0.2, 0) is 14.4 Å². The van der Waals surface area contributed by atoms with Gasteiger partial charge in [0.05, 0.1) is 4.91 Å². The van der Waals surface area contributed by atoms with Gasteiger partial charge in [-0.05, 0) is 24.1 Å². The third kappa shape index (κ3) is 4.14. The van der Waals surface area contributed by atoms with Crippen LogP contribution in [0.15, 0.2) is 29.4 Å². The first-order chi connectivity index (χ1) is 10.9. The van der Waals surface area contributed by atoms with E-state index in [0.29, 0.717) is 5.56 Å². The Hall–Kier alpha value is -2.26. The van der Waals surface area contributed by atoms with E-state index < -0.39 is 23.9 Å². The molecule has 23 heavy (non-hydrogen) atoms. The molecule has 0 saturated carbocycles. The van der Waals surface area contributed by atoms with Crippen LogP contribution in [0.1, 0.15) is 18.4 Å². The fourth-order valence-corrected chi connectivity index (χ4v) is 3.34. The van der Waals surface area contributed by atoms with Crippen LogP contribution in [-0.4, -0.2) is 48.3 Å². The van der Waals surface area contributed by atoms with Crippen molar-refractivity contribution in [3.8, 4) is 0 Å². The minimum atomic E-state index is -1.29. The van der Waals surface area contributed by atoms with Gasteiger partial charge >= 0.3 is 11.9 Å². The van der Waals surface area contributed by atoms with Crippen LogP contribution in [0.3, 0.4) is 0 Å². The minimum absolute atomic E-state index is 0.0999. The molecular formula is C14H12N2O5S2. The minimum Gasteiger partial charge on any atom is -0.481 e. The quantitative estimate of drug-likeness (QED) is 0.587. The number of rotatable bonds is 6. The van der Waals surface area contributed by atoms with Gasteiger partial charge < -0.3 is 10.2 Å². The number of aromatic nitrogens is 1. The highest BCUT2D eigenvalue weighted by Crippen LogP contribution is 2.34. The second kappa shape index (κ2) is 7.34. The number of aliphatic carboxylic acids is 2. The molecule has 1 unspecified atom stereocenters. The maximum absolute atomic E-state index is 12.4. The molecule has 0 aromatic carbocycles. The number of hydrogen-bond acceptors (Lipinski definition) is 6. The van der Waals surface area contributed by atoms with Gasteiger partial charge in [0.1, 0.15) is 10.4 Å². The predicted octanol–water partition coefficient (Wildman–Crippen LogP) is 1.60. The number of pyridine rings is 1. The first-order valence-corrected chi connectivity index (χ1v) is 7.74. The van der Waals surface area contributed by atoms with Gasteiger partial charge in [-0.3, -0.25) is 19.5 Å². The molecule has 1 aromatic rings. The van der Waals surface area contributed by atoms with E-state index in [4.69, 9.17) is 17.3 Å². The van der Waals surface area contributed by atoms with E-state index in [1.54, 1.807) is 30.6 Å². The number of carbonyl (C=O) groups excluding carboxylic acids is 1. The lowest BCUT2D eigenvalue weighted by Crippen LogP contribution is -2.44. The highest BCUT2D eigenvalue weighted by molar-refractivity contribution is 8.26. The molecule has 1 aliphatic heterocycles. The summed E-state index contributed by atoms with van der Waals surface area (Å²) < 4.78 is 0.0999. The monoisotopic (exact) mass is 352 g/mol. The van der Waals surface area contributed by atoms with E-state index in [-0.39, 0.29) is 22.1 Å². The molecule has 1 aliphatic rings. The molecule has 2 N–H and O–H groups in total. The molecule has 2 heterocycles. The van der Waals surface area contributed by atoms with E-state index >= 15 is 0 Å². The molecule has 1 amide bonds. The first-order valence-electron chi connectivity index (χ1n) is 6.52. The number of thioether (sulfide) groups is 1. The van der Waals surface area contributed by atoms with Crippen molar-refractivity contribution in [2.24, 2.45) is 0 Å². The van der Waals surface area contributed by atoms with E-state index in [1.165, 1.54) is 0 Å². The van der Waals surface area contributed by atoms with Crippen LogP contribution in [0.2, 0.25) is 0 Å². The second-order valence-electron chi connectivity index (χ2n) is 4.62. The molecule has 0 aliphatic carbocycles. The van der Waals surface area contributed by atoms with E-state index in [0.717, 1.165) is 16.7 Å². The summed E-state index contributed by atoms with van der Waals surface area (Å²) in [6, 6.07) is 2.16. The summed E-state index contributed by atoms with van der Waals surface area (Å²) in [5, 5.41) is 18.0. The van der Waals surface area contributed by atoms with Gasteiger partial charge in [-0.15, -0.1) is 0 Å². The fourth-order valence-electron chi connectivity index (χ4n) is 1.98. The molecule has 2 rings (SSSR count). The molecule has 1 aromatic heterocycles. The van der Waals surface area contributed by atoms with Crippen LogP contribution in [0.5, 0.6) is 0 Å². The molecule has 1 fully saturated rings. The zero-order valence-corrected chi connectivity index (χ0v) is 13.3. The Balaban J connectivity index is 2.24. The number of carboxylic acids is 2. The van der Waals surface area contributed by atoms with Crippen molar-refractivity contribution >= 4 is 52.2 Å². The Morgan fingerprint density at radius 2 is 2.17 bits per heavy atom. The summed E-state index contributed by atoms with van der Waals surface area (Å²) in [5.41, 5.74) is 0.686. The smallest absolute Gasteiger partial charge is 0.326 e. The molecule has 120 valence electrons. The van der Waals surface area contributed by atoms with Crippen molar-refractivity contribution in [3.05, 3.63) is 35.0 Å². The standard InChI is InChI=1S/C14H12N2O5S2/c17-11(18)4-3-9(13(20)21)16-12(19)10(23-14(16)22)6-8-2-1-5-15-7-8/h1-2,5-7,9H,3-4H2,(H,17,18)(H,20,21)/b10-6-. The summed E-state index contributed by atoms with van der Waals surface area (Å²) in [5.74, 6) is -2.96. The van der Waals surface area contributed by atoms with Crippen molar-refractivity contribution < 1.29 is 24.6 Å². The number of carboxylic acid groups (broad SMARTS) is 2. The number of amides is 1. The number of hydrogen-bond donors (Lipinski definition) is 2. The van der Waals surface area contributed by atoms with Gasteiger partial charge in [-0.1, -0.05) is 30.0 Å². The van der Waals surface area contributed by atoms with Gasteiger partial charge in [0.2, 0.25) is 0 Å². The average Bonchev–Trinajstić information content (AvgIpc) is 2.75. The molecule has 7 nitrogen and oxygen atoms in total. The van der Waals surface area contributed by atoms with Crippen molar-refractivity contribution in [3.63, 3.8) is 0 Å². The number of thiocarbonyl (C=S) groups is 1. The molecule has 0 bridgehead atoms. The Morgan fingerprint density at radius 1 is 1.43 bits per heavy atom. The van der Waals surface area contributed by atoms with Gasteiger partial charge in [-0.25, -0.2) is 4.79 Å². The lowest BCUT2D eigenvalue weighted by molar-refractivity contribution is -0.146. The van der Waals surface area contributed by atoms with Gasteiger partial charge in [0.15, 0.2) is 0 Å². The van der Waals surface area contributed by atoms with Crippen LogP contribution < -0.4 is 0 Å². The lowest BCUT2D eigenvalue weighted by Gasteiger charge is -2.22. The third-order valence-electron chi connectivity index (χ3n) is 3.03. The van der Waals surface area contributed by atoms with Gasteiger partial charge in [-0.2, -0.15) is 0 Å². The lowest BCUT2D eigenvalue weighted by atomic mass is 10.1. The van der Waals surface area contributed by atoms with Crippen molar-refractivity contribution in [2.45, 2.75) is 18.9 Å². The van der Waals surface area contributed by atoms with Gasteiger partial charge in [0, 0.05) is 18.8 Å². The molecule has 9 heteroatoms. The SMILES string of the molecule is O=C(O)CCC(C(=O)O)N1C(=O)/C(=C/c2cccnc2)SC1=S. The molecule has 0 spiro atoms. The highest BCUT2D eigenvalue weighted by Gasteiger charge is 2.40. The van der Waals surface area contributed by atoms with Crippen LogP contribution in [0.4, 0.5) is 0 Å². The Kier molecular flexibility index (Phi) is 5.45. The molecule has 0 radical (unpaired) electrons. The number of nitrogens with zero attached hydrogens (tertiary/aromatic N) is 2. The van der Waals surface area contributed by atoms with Crippen molar-refractivity contribution in [1.29, 1.82) is 0 Å². The third-order valence-corrected chi connectivity index (χ3v) is 4.36. The van der Waals surface area contributed by atoms with Crippen molar-refractivity contribution in [1.82, 2.24) is 9.88 Å². The zero-order valence-electron chi connectivity index (χ0n) is 11.7. The van der Waals surface area contributed by atoms with E-state index in [9.17, 15) is 19.5 Å². The molecule has 1 saturated heterocycles. The van der Waals surface area contributed by atoms with Gasteiger partial charge in [0.25, 0.3) is 5.91 Å². The Morgan fingerprint density at radius 3 is 2.74 bits per heavy atom. The average molecular weight is 352 g/mol. The highest BCUT2D eigenvalue weighted by atomic mass is 32.2. The first kappa shape index (κ1) is 17.1. The second-order valence-corrected chi connectivity index (χ2v) is 6.30. The maximum Gasteiger partial charge on any atom is 0.326 e. The van der Waals surface area contributed by atoms with Crippen LogP contribution in [0, 0.1) is 0 Å². The zero-order chi connectivity index (χ0) is 17.0. The van der Waals surface area contributed by atoms with E-state index in [1.807, 2.05) is 0 Å². The van der Waals surface area contributed by atoms with Crippen LogP contribution in [0.25, 0.3) is 6.08 Å². The largest absolute Gasteiger partial charge is 0.481 e. The normalized spacial score (nSPS) is 17.6. The Labute approximate surface area is 141 Å². The summed E-state index contributed by atoms with van der Waals surface area (Å²) in [4.78, 5) is 39.6. The fraction of sp³-hybridized carbons (Fsp3) is 0.214. The molecular weight excluding hydrogens is 340 g/mol. The summed E-state index contributed by atoms with van der Waals surface area (Å²) in [6.45, 7) is 0. The summed E-state index contributed by atoms with van der Waals surface area (Å²) in [6.07, 6.45) is 4.15. The predicted molar refractivity (Wildman–Crippen MR) is 87.5 cm³/mol. The van der Waals surface area contributed by atoms with Crippen molar-refractivity contribution in [2.75, 3.05) is 0 Å². The summed E-state index contributed by atoms with van der Waals surface area (Å²) in [7, 11) is 0. The number of carbonyl (C=O) groups is 3. The van der Waals surface area contributed by atoms with Crippen LogP contribution >= 0.6 is 24.0 Å². The van der Waals surface area contributed by atoms with E-state index in [2.05, 4.69) is 4.98 Å². The topological polar surface area (TPSA) is 108 Å². The summed E-state index contributed by atoms with van der Waals surface area (Å²) >= 11 is 6.07. The molecule has 1 atom stereocenters. The maximum atomic E-state index is 12.4. The Bertz CT molecular complexity index is 690.